The highest BCUT2D eigenvalue weighted by Crippen LogP contribution is 2.18. The molecule has 0 saturated heterocycles. The second kappa shape index (κ2) is 3.25. The van der Waals surface area contributed by atoms with Crippen molar-refractivity contribution in [1.29, 1.82) is 0 Å². The van der Waals surface area contributed by atoms with Crippen LogP contribution in [0.2, 0.25) is 0 Å². The lowest BCUT2D eigenvalue weighted by Crippen LogP contribution is -2.21. The minimum absolute atomic E-state index is 0.358. The Balaban J connectivity index is 3.28. The monoisotopic (exact) mass is 164 g/mol. The molecule has 0 bridgehead atoms. The van der Waals surface area contributed by atoms with E-state index in [0.29, 0.717) is 0 Å². The SMILES string of the molecule is Cc1cc(C)c(C)c(C(N)N)c1. The number of aryl methyl sites for hydroxylation is 2. The summed E-state index contributed by atoms with van der Waals surface area (Å²) in [6.07, 6.45) is -0.358. The van der Waals surface area contributed by atoms with Crippen LogP contribution in [0.3, 0.4) is 0 Å². The molecule has 0 radical (unpaired) electrons. The van der Waals surface area contributed by atoms with Crippen LogP contribution in [0.25, 0.3) is 0 Å². The summed E-state index contributed by atoms with van der Waals surface area (Å²) in [4.78, 5) is 0. The lowest BCUT2D eigenvalue weighted by Gasteiger charge is -2.13. The maximum absolute atomic E-state index is 5.63. The molecule has 2 heteroatoms. The predicted octanol–water partition coefficient (Wildman–Crippen LogP) is 1.53. The third-order valence-corrected chi connectivity index (χ3v) is 2.21. The van der Waals surface area contributed by atoms with Crippen LogP contribution in [-0.4, -0.2) is 0 Å². The standard InChI is InChI=1S/C10H16N2/c1-6-4-7(2)8(3)9(5-6)10(11)12/h4-5,10H,11-12H2,1-3H3. The topological polar surface area (TPSA) is 52.0 Å². The first-order valence-electron chi connectivity index (χ1n) is 4.11. The molecule has 0 aliphatic rings. The molecule has 0 spiro atoms. The minimum atomic E-state index is -0.358. The zero-order valence-corrected chi connectivity index (χ0v) is 7.89. The zero-order valence-electron chi connectivity index (χ0n) is 7.89. The lowest BCUT2D eigenvalue weighted by molar-refractivity contribution is 0.764. The van der Waals surface area contributed by atoms with Gasteiger partial charge in [0.2, 0.25) is 0 Å². The molecule has 12 heavy (non-hydrogen) atoms. The van der Waals surface area contributed by atoms with Crippen LogP contribution in [0.1, 0.15) is 28.4 Å². The molecule has 2 nitrogen and oxygen atoms in total. The normalized spacial score (nSPS) is 10.8. The Morgan fingerprint density at radius 1 is 1.08 bits per heavy atom. The molecule has 0 heterocycles. The van der Waals surface area contributed by atoms with Crippen LogP contribution in [0.4, 0.5) is 0 Å². The van der Waals surface area contributed by atoms with E-state index in [0.717, 1.165) is 5.56 Å². The van der Waals surface area contributed by atoms with E-state index in [1.54, 1.807) is 0 Å². The van der Waals surface area contributed by atoms with Gasteiger partial charge in [-0.05, 0) is 37.5 Å². The predicted molar refractivity (Wildman–Crippen MR) is 51.8 cm³/mol. The zero-order chi connectivity index (χ0) is 9.30. The van der Waals surface area contributed by atoms with Crippen LogP contribution in [-0.2, 0) is 0 Å². The van der Waals surface area contributed by atoms with E-state index in [2.05, 4.69) is 26.8 Å². The molecule has 0 saturated carbocycles. The molecule has 0 amide bonds. The molecule has 0 aliphatic heterocycles. The molecule has 4 N–H and O–H groups in total. The number of benzene rings is 1. The molecule has 0 atom stereocenters. The van der Waals surface area contributed by atoms with Gasteiger partial charge in [0, 0.05) is 0 Å². The summed E-state index contributed by atoms with van der Waals surface area (Å²) in [6.45, 7) is 6.18. The Morgan fingerprint density at radius 3 is 2.17 bits per heavy atom. The van der Waals surface area contributed by atoms with Gasteiger partial charge < -0.3 is 11.5 Å². The highest BCUT2D eigenvalue weighted by atomic mass is 14.8. The van der Waals surface area contributed by atoms with Gasteiger partial charge in [0.05, 0.1) is 6.17 Å². The molecule has 1 aromatic carbocycles. The quantitative estimate of drug-likeness (QED) is 0.618. The van der Waals surface area contributed by atoms with Crippen molar-refractivity contribution in [2.24, 2.45) is 11.5 Å². The summed E-state index contributed by atoms with van der Waals surface area (Å²) in [7, 11) is 0. The second-order valence-electron chi connectivity index (χ2n) is 3.32. The van der Waals surface area contributed by atoms with Crippen molar-refractivity contribution < 1.29 is 0 Å². The van der Waals surface area contributed by atoms with Gasteiger partial charge in [0.1, 0.15) is 0 Å². The fraction of sp³-hybridized carbons (Fsp3) is 0.400. The highest BCUT2D eigenvalue weighted by molar-refractivity contribution is 5.38. The molecular formula is C10H16N2. The molecule has 0 unspecified atom stereocenters. The fourth-order valence-corrected chi connectivity index (χ4v) is 1.42. The summed E-state index contributed by atoms with van der Waals surface area (Å²) in [5, 5.41) is 0. The van der Waals surface area contributed by atoms with Crippen molar-refractivity contribution in [2.75, 3.05) is 0 Å². The largest absolute Gasteiger partial charge is 0.312 e. The van der Waals surface area contributed by atoms with E-state index < -0.39 is 0 Å². The van der Waals surface area contributed by atoms with Gasteiger partial charge in [-0.2, -0.15) is 0 Å². The summed E-state index contributed by atoms with van der Waals surface area (Å²) in [5.74, 6) is 0. The van der Waals surface area contributed by atoms with E-state index >= 15 is 0 Å². The summed E-state index contributed by atoms with van der Waals surface area (Å²) >= 11 is 0. The smallest absolute Gasteiger partial charge is 0.0787 e. The maximum Gasteiger partial charge on any atom is 0.0787 e. The summed E-state index contributed by atoms with van der Waals surface area (Å²) in [5.41, 5.74) is 16.0. The molecule has 0 aromatic heterocycles. The van der Waals surface area contributed by atoms with Gasteiger partial charge in [-0.3, -0.25) is 0 Å². The number of rotatable bonds is 1. The maximum atomic E-state index is 5.63. The average Bonchev–Trinajstić information content (AvgIpc) is 1.96. The first-order valence-corrected chi connectivity index (χ1v) is 4.11. The van der Waals surface area contributed by atoms with Gasteiger partial charge in [0.25, 0.3) is 0 Å². The summed E-state index contributed by atoms with van der Waals surface area (Å²) < 4.78 is 0. The van der Waals surface area contributed by atoms with E-state index in [9.17, 15) is 0 Å². The van der Waals surface area contributed by atoms with Crippen LogP contribution in [0.5, 0.6) is 0 Å². The van der Waals surface area contributed by atoms with E-state index in [1.807, 2.05) is 6.07 Å². The number of hydrogen-bond acceptors (Lipinski definition) is 2. The lowest BCUT2D eigenvalue weighted by atomic mass is 9.99. The Morgan fingerprint density at radius 2 is 1.67 bits per heavy atom. The van der Waals surface area contributed by atoms with E-state index in [1.165, 1.54) is 16.7 Å². The van der Waals surface area contributed by atoms with Crippen LogP contribution in [0, 0.1) is 20.8 Å². The molecule has 1 aromatic rings. The van der Waals surface area contributed by atoms with Crippen molar-refractivity contribution in [2.45, 2.75) is 26.9 Å². The Bertz CT molecular complexity index is 290. The first-order chi connectivity index (χ1) is 5.52. The Hall–Kier alpha value is -0.860. The Kier molecular flexibility index (Phi) is 2.50. The fourth-order valence-electron chi connectivity index (χ4n) is 1.42. The molecule has 0 fully saturated rings. The van der Waals surface area contributed by atoms with Gasteiger partial charge in [0.15, 0.2) is 0 Å². The van der Waals surface area contributed by atoms with Crippen LogP contribution < -0.4 is 11.5 Å². The second-order valence-corrected chi connectivity index (χ2v) is 3.32. The van der Waals surface area contributed by atoms with Crippen molar-refractivity contribution in [3.05, 3.63) is 34.4 Å². The molecule has 0 aliphatic carbocycles. The van der Waals surface area contributed by atoms with Crippen molar-refractivity contribution in [1.82, 2.24) is 0 Å². The van der Waals surface area contributed by atoms with Crippen LogP contribution >= 0.6 is 0 Å². The van der Waals surface area contributed by atoms with E-state index in [4.69, 9.17) is 11.5 Å². The third-order valence-electron chi connectivity index (χ3n) is 2.21. The molecular weight excluding hydrogens is 148 g/mol. The van der Waals surface area contributed by atoms with Crippen molar-refractivity contribution >= 4 is 0 Å². The minimum Gasteiger partial charge on any atom is -0.312 e. The highest BCUT2D eigenvalue weighted by Gasteiger charge is 2.06. The van der Waals surface area contributed by atoms with Crippen molar-refractivity contribution in [3.63, 3.8) is 0 Å². The van der Waals surface area contributed by atoms with Crippen LogP contribution in [0.15, 0.2) is 12.1 Å². The third kappa shape index (κ3) is 1.65. The first kappa shape index (κ1) is 9.23. The number of nitrogens with two attached hydrogens (primary N) is 2. The van der Waals surface area contributed by atoms with Gasteiger partial charge in [-0.25, -0.2) is 0 Å². The average molecular weight is 164 g/mol. The van der Waals surface area contributed by atoms with Gasteiger partial charge in [-0.1, -0.05) is 17.7 Å². The Labute approximate surface area is 73.6 Å². The van der Waals surface area contributed by atoms with Gasteiger partial charge >= 0.3 is 0 Å². The van der Waals surface area contributed by atoms with Gasteiger partial charge in [-0.15, -0.1) is 0 Å². The van der Waals surface area contributed by atoms with E-state index in [-0.39, 0.29) is 6.17 Å². The molecule has 66 valence electrons. The van der Waals surface area contributed by atoms with Crippen molar-refractivity contribution in [3.8, 4) is 0 Å². The summed E-state index contributed by atoms with van der Waals surface area (Å²) in [6, 6.07) is 4.19. The number of hydrogen-bond donors (Lipinski definition) is 2. The molecule has 1 rings (SSSR count).